The lowest BCUT2D eigenvalue weighted by Gasteiger charge is -2.32. The first kappa shape index (κ1) is 25.5. The van der Waals surface area contributed by atoms with Gasteiger partial charge in [0.05, 0.1) is 41.2 Å². The number of benzene rings is 2. The van der Waals surface area contributed by atoms with Crippen molar-refractivity contribution < 1.29 is 13.9 Å². The van der Waals surface area contributed by atoms with Gasteiger partial charge in [-0.15, -0.1) is 0 Å². The lowest BCUT2D eigenvalue weighted by molar-refractivity contribution is -0.0196. The van der Waals surface area contributed by atoms with Crippen LogP contribution in [0.1, 0.15) is 37.8 Å². The second kappa shape index (κ2) is 10.7. The molecule has 0 aliphatic carbocycles. The molecule has 194 valence electrons. The molecule has 1 aromatic heterocycles. The predicted octanol–water partition coefficient (Wildman–Crippen LogP) is 4.21. The molecule has 2 aliphatic rings. The molecule has 0 radical (unpaired) electrons. The van der Waals surface area contributed by atoms with Gasteiger partial charge in [-0.05, 0) is 69.7 Å². The third-order valence-corrected chi connectivity index (χ3v) is 7.93. The van der Waals surface area contributed by atoms with E-state index < -0.39 is 5.82 Å². The van der Waals surface area contributed by atoms with Gasteiger partial charge in [-0.25, -0.2) is 13.7 Å². The van der Waals surface area contributed by atoms with Crippen molar-refractivity contribution in [3.63, 3.8) is 0 Å². The van der Waals surface area contributed by atoms with Crippen molar-refractivity contribution in [3.05, 3.63) is 58.4 Å². The van der Waals surface area contributed by atoms with Crippen molar-refractivity contribution in [1.29, 1.82) is 5.26 Å². The number of fused-ring (bicyclic) bond motifs is 1. The fourth-order valence-corrected chi connectivity index (χ4v) is 5.38. The molecule has 1 unspecified atom stereocenters. The Bertz CT molecular complexity index is 1400. The zero-order valence-corrected chi connectivity index (χ0v) is 21.6. The van der Waals surface area contributed by atoms with Crippen LogP contribution in [0.15, 0.2) is 41.5 Å². The van der Waals surface area contributed by atoms with Crippen molar-refractivity contribution in [1.82, 2.24) is 19.2 Å². The molecular formula is C26H29FN6O3S. The highest BCUT2D eigenvalue weighted by Gasteiger charge is 2.42. The zero-order chi connectivity index (χ0) is 26.0. The molecular weight excluding hydrogens is 495 g/mol. The number of ether oxygens (including phenoxy) is 2. The maximum absolute atomic E-state index is 14.8. The van der Waals surface area contributed by atoms with E-state index in [9.17, 15) is 14.4 Å². The van der Waals surface area contributed by atoms with Crippen molar-refractivity contribution in [2.75, 3.05) is 38.0 Å². The number of nitrogens with one attached hydrogen (secondary N) is 2. The van der Waals surface area contributed by atoms with Crippen molar-refractivity contribution in [3.8, 4) is 17.6 Å². The van der Waals surface area contributed by atoms with Crippen LogP contribution in [0.2, 0.25) is 0 Å². The average Bonchev–Trinajstić information content (AvgIpc) is 3.32. The molecule has 5 rings (SSSR count). The summed E-state index contributed by atoms with van der Waals surface area (Å²) in [6, 6.07) is 9.51. The number of rotatable bonds is 7. The van der Waals surface area contributed by atoms with Gasteiger partial charge < -0.3 is 19.5 Å². The third-order valence-electron chi connectivity index (χ3n) is 7.05. The molecule has 11 heteroatoms. The molecule has 2 aliphatic heterocycles. The molecule has 2 saturated heterocycles. The van der Waals surface area contributed by atoms with E-state index in [1.54, 1.807) is 29.1 Å². The molecule has 9 nitrogen and oxygen atoms in total. The van der Waals surface area contributed by atoms with Crippen LogP contribution in [-0.4, -0.2) is 52.7 Å². The van der Waals surface area contributed by atoms with E-state index in [0.717, 1.165) is 38.9 Å². The molecule has 2 N–H and O–H groups in total. The van der Waals surface area contributed by atoms with Crippen molar-refractivity contribution >= 4 is 28.7 Å². The highest BCUT2D eigenvalue weighted by Crippen LogP contribution is 2.39. The number of hydrogen-bond donors (Lipinski definition) is 2. The SMILES string of the molecule is CCN(C)SNc1ccc(F)c(Oc2ccc3ncn(C4COC5(CCNCC5)C4)c(=O)c3c2)c1C#N. The fraction of sp³-hybridized carbons (Fsp3) is 0.423. The zero-order valence-electron chi connectivity index (χ0n) is 20.8. The Morgan fingerprint density at radius 1 is 1.38 bits per heavy atom. The van der Waals surface area contributed by atoms with Crippen LogP contribution in [0.3, 0.4) is 0 Å². The molecule has 0 saturated carbocycles. The highest BCUT2D eigenvalue weighted by molar-refractivity contribution is 7.98. The fourth-order valence-electron chi connectivity index (χ4n) is 4.83. The first-order chi connectivity index (χ1) is 17.9. The Hall–Kier alpha value is -3.17. The number of piperidine rings is 1. The Labute approximate surface area is 218 Å². The number of anilines is 1. The summed E-state index contributed by atoms with van der Waals surface area (Å²) in [5, 5.41) is 13.5. The van der Waals surface area contributed by atoms with E-state index in [-0.39, 0.29) is 34.3 Å². The molecule has 0 bridgehead atoms. The van der Waals surface area contributed by atoms with E-state index in [2.05, 4.69) is 15.0 Å². The molecule has 2 fully saturated rings. The number of halogens is 1. The molecule has 1 spiro atoms. The Balaban J connectivity index is 1.44. The summed E-state index contributed by atoms with van der Waals surface area (Å²) in [7, 11) is 1.89. The molecule has 0 amide bonds. The van der Waals surface area contributed by atoms with Crippen LogP contribution in [0.5, 0.6) is 11.5 Å². The largest absolute Gasteiger partial charge is 0.453 e. The van der Waals surface area contributed by atoms with E-state index >= 15 is 0 Å². The van der Waals surface area contributed by atoms with Gasteiger partial charge in [-0.1, -0.05) is 6.92 Å². The number of nitrogens with zero attached hydrogens (tertiary/aromatic N) is 4. The molecule has 3 aromatic rings. The Morgan fingerprint density at radius 3 is 2.95 bits per heavy atom. The average molecular weight is 525 g/mol. The van der Waals surface area contributed by atoms with Crippen LogP contribution >= 0.6 is 12.1 Å². The third kappa shape index (κ3) is 5.15. The van der Waals surface area contributed by atoms with Crippen LogP contribution in [0, 0.1) is 17.1 Å². The standard InChI is InChI=1S/C26H29FN6O3S/c1-3-32(2)37-31-23-7-5-21(27)24(20(23)14-28)36-18-4-6-22-19(12-18)25(34)33(16-30-22)17-13-26(35-15-17)8-10-29-11-9-26/h4-7,12,16-17,29,31H,3,8-11,13,15H2,1-2H3. The van der Waals surface area contributed by atoms with E-state index in [4.69, 9.17) is 9.47 Å². The smallest absolute Gasteiger partial charge is 0.261 e. The second-order valence-electron chi connectivity index (χ2n) is 9.39. The van der Waals surface area contributed by atoms with E-state index in [1.807, 2.05) is 24.3 Å². The second-order valence-corrected chi connectivity index (χ2v) is 10.4. The van der Waals surface area contributed by atoms with Gasteiger partial charge >= 0.3 is 0 Å². The Morgan fingerprint density at radius 2 is 2.19 bits per heavy atom. The van der Waals surface area contributed by atoms with Crippen molar-refractivity contribution in [2.45, 2.75) is 37.8 Å². The lowest BCUT2D eigenvalue weighted by atomic mass is 9.88. The van der Waals surface area contributed by atoms with Gasteiger partial charge in [-0.2, -0.15) is 5.26 Å². The maximum Gasteiger partial charge on any atom is 0.261 e. The summed E-state index contributed by atoms with van der Waals surface area (Å²) < 4.78 is 33.4. The minimum absolute atomic E-state index is 0.0380. The summed E-state index contributed by atoms with van der Waals surface area (Å²) in [6.45, 7) is 5.05. The van der Waals surface area contributed by atoms with Gasteiger partial charge in [0.2, 0.25) is 0 Å². The van der Waals surface area contributed by atoms with Gasteiger partial charge in [0, 0.05) is 18.7 Å². The molecule has 37 heavy (non-hydrogen) atoms. The predicted molar refractivity (Wildman–Crippen MR) is 141 cm³/mol. The highest BCUT2D eigenvalue weighted by atomic mass is 32.2. The monoisotopic (exact) mass is 524 g/mol. The minimum atomic E-state index is -0.671. The van der Waals surface area contributed by atoms with E-state index in [1.165, 1.54) is 24.3 Å². The lowest BCUT2D eigenvalue weighted by Crippen LogP contribution is -2.41. The summed E-state index contributed by atoms with van der Waals surface area (Å²) in [6.07, 6.45) is 4.18. The Kier molecular flexibility index (Phi) is 7.35. The van der Waals surface area contributed by atoms with Crippen LogP contribution in [-0.2, 0) is 4.74 Å². The summed E-state index contributed by atoms with van der Waals surface area (Å²) in [5.41, 5.74) is 0.590. The quantitative estimate of drug-likeness (QED) is 0.440. The first-order valence-corrected chi connectivity index (χ1v) is 13.1. The normalized spacial score (nSPS) is 18.8. The van der Waals surface area contributed by atoms with Crippen molar-refractivity contribution in [2.24, 2.45) is 0 Å². The first-order valence-electron chi connectivity index (χ1n) is 12.3. The number of hydrogen-bond acceptors (Lipinski definition) is 9. The molecule has 3 heterocycles. The number of nitriles is 1. The molecule has 1 atom stereocenters. The topological polar surface area (TPSA) is 104 Å². The van der Waals surface area contributed by atoms with Crippen LogP contribution in [0.4, 0.5) is 10.1 Å². The summed E-state index contributed by atoms with van der Waals surface area (Å²) >= 11 is 1.29. The maximum atomic E-state index is 14.8. The van der Waals surface area contributed by atoms with E-state index in [0.29, 0.717) is 23.2 Å². The van der Waals surface area contributed by atoms with Gasteiger partial charge in [0.15, 0.2) is 11.6 Å². The summed E-state index contributed by atoms with van der Waals surface area (Å²) in [5.74, 6) is -0.629. The van der Waals surface area contributed by atoms with Gasteiger partial charge in [0.25, 0.3) is 5.56 Å². The summed E-state index contributed by atoms with van der Waals surface area (Å²) in [4.78, 5) is 17.9. The minimum Gasteiger partial charge on any atom is -0.453 e. The van der Waals surface area contributed by atoms with Gasteiger partial charge in [0.1, 0.15) is 17.4 Å². The van der Waals surface area contributed by atoms with Crippen LogP contribution in [0.25, 0.3) is 10.9 Å². The van der Waals surface area contributed by atoms with Gasteiger partial charge in [-0.3, -0.25) is 9.36 Å². The number of aromatic nitrogens is 2. The van der Waals surface area contributed by atoms with Crippen LogP contribution < -0.4 is 20.3 Å². The molecule has 2 aromatic carbocycles.